The summed E-state index contributed by atoms with van der Waals surface area (Å²) in [7, 11) is 0. The molecule has 0 aromatic rings. The summed E-state index contributed by atoms with van der Waals surface area (Å²) in [6, 6.07) is 0. The summed E-state index contributed by atoms with van der Waals surface area (Å²) < 4.78 is -0.196. The lowest BCUT2D eigenvalue weighted by atomic mass is 9.82. The minimum Gasteiger partial charge on any atom is -0.395 e. The van der Waals surface area contributed by atoms with Gasteiger partial charge >= 0.3 is 0 Å². The molecular weight excluding hydrogens is 288 g/mol. The summed E-state index contributed by atoms with van der Waals surface area (Å²) in [5, 5.41) is 18.1. The highest BCUT2D eigenvalue weighted by atomic mass is 79.9. The zero-order chi connectivity index (χ0) is 9.24. The number of alkyl halides is 2. The van der Waals surface area contributed by atoms with E-state index < -0.39 is 0 Å². The topological polar surface area (TPSA) is 40.5 Å². The molecule has 12 heavy (non-hydrogen) atoms. The van der Waals surface area contributed by atoms with E-state index in [2.05, 4.69) is 31.9 Å². The highest BCUT2D eigenvalue weighted by Gasteiger charge is 2.39. The van der Waals surface area contributed by atoms with Crippen molar-refractivity contribution in [3.63, 3.8) is 0 Å². The third-order valence-electron chi connectivity index (χ3n) is 2.61. The van der Waals surface area contributed by atoms with Crippen LogP contribution in [-0.4, -0.2) is 32.1 Å². The maximum Gasteiger partial charge on any atom is 0.0584 e. The number of aliphatic hydroxyl groups excluding tert-OH is 2. The van der Waals surface area contributed by atoms with Crippen molar-refractivity contribution in [1.29, 1.82) is 0 Å². The van der Waals surface area contributed by atoms with Gasteiger partial charge in [-0.1, -0.05) is 31.9 Å². The standard InChI is InChI=1S/C8H14Br2O2/c9-7(5-11)1-2-8(10,6-12)4-3-7/h11-12H,1-6H2. The SMILES string of the molecule is OCC1(Br)CCC(Br)(CO)CC1. The van der Waals surface area contributed by atoms with Gasteiger partial charge in [-0.15, -0.1) is 0 Å². The second-order valence-corrected chi connectivity index (χ2v) is 6.98. The minimum absolute atomic E-state index is 0.0978. The molecule has 1 aliphatic carbocycles. The number of aliphatic hydroxyl groups is 2. The molecule has 4 heteroatoms. The van der Waals surface area contributed by atoms with Gasteiger partial charge in [-0.05, 0) is 25.7 Å². The Morgan fingerprint density at radius 3 is 1.25 bits per heavy atom. The average molecular weight is 302 g/mol. The lowest BCUT2D eigenvalue weighted by Gasteiger charge is -2.38. The molecule has 0 aromatic carbocycles. The van der Waals surface area contributed by atoms with E-state index >= 15 is 0 Å². The maximum absolute atomic E-state index is 9.07. The van der Waals surface area contributed by atoms with Crippen molar-refractivity contribution in [2.24, 2.45) is 0 Å². The van der Waals surface area contributed by atoms with Gasteiger partial charge < -0.3 is 10.2 Å². The van der Waals surface area contributed by atoms with Crippen LogP contribution in [0.1, 0.15) is 25.7 Å². The van der Waals surface area contributed by atoms with Crippen molar-refractivity contribution < 1.29 is 10.2 Å². The van der Waals surface area contributed by atoms with E-state index in [1.165, 1.54) is 0 Å². The van der Waals surface area contributed by atoms with E-state index in [0.717, 1.165) is 25.7 Å². The van der Waals surface area contributed by atoms with E-state index in [9.17, 15) is 0 Å². The van der Waals surface area contributed by atoms with E-state index in [1.807, 2.05) is 0 Å². The monoisotopic (exact) mass is 300 g/mol. The fraction of sp³-hybridized carbons (Fsp3) is 1.00. The van der Waals surface area contributed by atoms with Gasteiger partial charge in [0.25, 0.3) is 0 Å². The molecule has 0 atom stereocenters. The third-order valence-corrected chi connectivity index (χ3v) is 4.70. The molecule has 0 bridgehead atoms. The maximum atomic E-state index is 9.07. The summed E-state index contributed by atoms with van der Waals surface area (Å²) in [5.41, 5.74) is 0. The molecule has 0 unspecified atom stereocenters. The molecule has 1 aliphatic rings. The predicted molar refractivity (Wildman–Crippen MR) is 56.0 cm³/mol. The van der Waals surface area contributed by atoms with E-state index in [0.29, 0.717) is 0 Å². The van der Waals surface area contributed by atoms with Crippen LogP contribution in [0.3, 0.4) is 0 Å². The van der Waals surface area contributed by atoms with Crippen LogP contribution in [-0.2, 0) is 0 Å². The first-order chi connectivity index (χ1) is 5.54. The lowest BCUT2D eigenvalue weighted by molar-refractivity contribution is 0.170. The van der Waals surface area contributed by atoms with Gasteiger partial charge in [0.15, 0.2) is 0 Å². The van der Waals surface area contributed by atoms with Crippen LogP contribution in [0.2, 0.25) is 0 Å². The molecular formula is C8H14Br2O2. The largest absolute Gasteiger partial charge is 0.395 e. The van der Waals surface area contributed by atoms with E-state index in [1.54, 1.807) is 0 Å². The Morgan fingerprint density at radius 2 is 1.08 bits per heavy atom. The third kappa shape index (κ3) is 2.44. The van der Waals surface area contributed by atoms with Gasteiger partial charge in [-0.2, -0.15) is 0 Å². The molecule has 72 valence electrons. The van der Waals surface area contributed by atoms with E-state index in [4.69, 9.17) is 10.2 Å². The minimum atomic E-state index is -0.0978. The molecule has 0 aliphatic heterocycles. The van der Waals surface area contributed by atoms with Crippen LogP contribution in [0.15, 0.2) is 0 Å². The van der Waals surface area contributed by atoms with Gasteiger partial charge in [0.2, 0.25) is 0 Å². The summed E-state index contributed by atoms with van der Waals surface area (Å²) in [6.07, 6.45) is 3.65. The van der Waals surface area contributed by atoms with Crippen molar-refractivity contribution in [2.45, 2.75) is 34.3 Å². The zero-order valence-corrected chi connectivity index (χ0v) is 10.1. The highest BCUT2D eigenvalue weighted by molar-refractivity contribution is 9.10. The quantitative estimate of drug-likeness (QED) is 0.764. The van der Waals surface area contributed by atoms with Crippen molar-refractivity contribution in [1.82, 2.24) is 0 Å². The van der Waals surface area contributed by atoms with Crippen LogP contribution in [0, 0.1) is 0 Å². The van der Waals surface area contributed by atoms with Crippen LogP contribution < -0.4 is 0 Å². The Bertz CT molecular complexity index is 135. The number of hydrogen-bond donors (Lipinski definition) is 2. The molecule has 0 heterocycles. The van der Waals surface area contributed by atoms with Gasteiger partial charge in [0, 0.05) is 8.65 Å². The normalized spacial score (nSPS) is 43.0. The second-order valence-electron chi connectivity index (χ2n) is 3.62. The molecule has 1 fully saturated rings. The van der Waals surface area contributed by atoms with Crippen LogP contribution in [0.25, 0.3) is 0 Å². The fourth-order valence-corrected chi connectivity index (χ4v) is 2.26. The first kappa shape index (κ1) is 11.0. The second kappa shape index (κ2) is 3.95. The molecule has 0 amide bonds. The number of halogens is 2. The van der Waals surface area contributed by atoms with Crippen LogP contribution in [0.4, 0.5) is 0 Å². The van der Waals surface area contributed by atoms with Crippen LogP contribution >= 0.6 is 31.9 Å². The Hall–Kier alpha value is 0.880. The highest BCUT2D eigenvalue weighted by Crippen LogP contribution is 2.43. The molecule has 2 nitrogen and oxygen atoms in total. The first-order valence-corrected chi connectivity index (χ1v) is 5.72. The number of hydrogen-bond acceptors (Lipinski definition) is 2. The molecule has 0 saturated heterocycles. The molecule has 1 rings (SSSR count). The van der Waals surface area contributed by atoms with Crippen molar-refractivity contribution in [3.05, 3.63) is 0 Å². The fourth-order valence-electron chi connectivity index (χ4n) is 1.46. The Kier molecular flexibility index (Phi) is 3.60. The summed E-state index contributed by atoms with van der Waals surface area (Å²) in [5.74, 6) is 0. The Balaban J connectivity index is 2.49. The molecule has 0 spiro atoms. The van der Waals surface area contributed by atoms with Crippen molar-refractivity contribution in [3.8, 4) is 0 Å². The summed E-state index contributed by atoms with van der Waals surface area (Å²) in [6.45, 7) is 0.364. The van der Waals surface area contributed by atoms with Gasteiger partial charge in [-0.3, -0.25) is 0 Å². The smallest absolute Gasteiger partial charge is 0.0584 e. The predicted octanol–water partition coefficient (Wildman–Crippen LogP) is 1.81. The first-order valence-electron chi connectivity index (χ1n) is 4.13. The van der Waals surface area contributed by atoms with Gasteiger partial charge in [0.1, 0.15) is 0 Å². The molecule has 2 N–H and O–H groups in total. The lowest BCUT2D eigenvalue weighted by Crippen LogP contribution is -2.39. The zero-order valence-electron chi connectivity index (χ0n) is 6.89. The number of rotatable bonds is 2. The Morgan fingerprint density at radius 1 is 0.833 bits per heavy atom. The van der Waals surface area contributed by atoms with Crippen LogP contribution in [0.5, 0.6) is 0 Å². The summed E-state index contributed by atoms with van der Waals surface area (Å²) in [4.78, 5) is 0. The summed E-state index contributed by atoms with van der Waals surface area (Å²) >= 11 is 7.05. The Labute approximate surface area is 89.6 Å². The van der Waals surface area contributed by atoms with Gasteiger partial charge in [-0.25, -0.2) is 0 Å². The molecule has 0 radical (unpaired) electrons. The van der Waals surface area contributed by atoms with Gasteiger partial charge in [0.05, 0.1) is 13.2 Å². The van der Waals surface area contributed by atoms with E-state index in [-0.39, 0.29) is 21.9 Å². The van der Waals surface area contributed by atoms with Crippen molar-refractivity contribution >= 4 is 31.9 Å². The molecule has 0 aromatic heterocycles. The van der Waals surface area contributed by atoms with Crippen molar-refractivity contribution in [2.75, 3.05) is 13.2 Å². The molecule has 1 saturated carbocycles. The average Bonchev–Trinajstić information content (AvgIpc) is 2.11.